The molecule has 3 N–H and O–H groups in total. The van der Waals surface area contributed by atoms with Crippen LogP contribution >= 0.6 is 0 Å². The highest BCUT2D eigenvalue weighted by molar-refractivity contribution is 7.90. The molecule has 3 aliphatic rings. The maximum absolute atomic E-state index is 12.5. The largest absolute Gasteiger partial charge is 0.373 e. The first-order valence-electron chi connectivity index (χ1n) is 10.1. The Morgan fingerprint density at radius 1 is 1.25 bits per heavy atom. The van der Waals surface area contributed by atoms with Crippen LogP contribution in [0.15, 0.2) is 48.1 Å². The predicted molar refractivity (Wildman–Crippen MR) is 110 cm³/mol. The Bertz CT molecular complexity index is 875. The molecule has 0 amide bonds. The van der Waals surface area contributed by atoms with Crippen molar-refractivity contribution in [2.24, 2.45) is 5.14 Å². The van der Waals surface area contributed by atoms with Gasteiger partial charge in [0.2, 0.25) is 10.0 Å². The summed E-state index contributed by atoms with van der Waals surface area (Å²) in [6.45, 7) is 3.67. The first-order chi connectivity index (χ1) is 13.5. The molecule has 0 saturated carbocycles. The van der Waals surface area contributed by atoms with Gasteiger partial charge in [0, 0.05) is 32.6 Å². The summed E-state index contributed by atoms with van der Waals surface area (Å²) in [4.78, 5) is 0.871. The predicted octanol–water partition coefficient (Wildman–Crippen LogP) is 1.86. The molecular formula is C21H29N3O3S. The summed E-state index contributed by atoms with van der Waals surface area (Å²) in [5.41, 5.74) is 3.81. The van der Waals surface area contributed by atoms with Gasteiger partial charge in [0.1, 0.15) is 0 Å². The van der Waals surface area contributed by atoms with E-state index in [-0.39, 0.29) is 6.10 Å². The average Bonchev–Trinajstić information content (AvgIpc) is 2.72. The van der Waals surface area contributed by atoms with Gasteiger partial charge in [-0.15, -0.1) is 0 Å². The molecule has 7 heteroatoms. The number of hydrogen-bond donors (Lipinski definition) is 2. The van der Waals surface area contributed by atoms with Crippen molar-refractivity contribution in [1.82, 2.24) is 10.2 Å². The van der Waals surface area contributed by atoms with Crippen LogP contribution in [0.1, 0.15) is 36.5 Å². The number of nitrogens with zero attached hydrogens (tertiary/aromatic N) is 1. The van der Waals surface area contributed by atoms with Gasteiger partial charge in [-0.2, -0.15) is 0 Å². The van der Waals surface area contributed by atoms with Crippen LogP contribution in [0.3, 0.4) is 0 Å². The zero-order chi connectivity index (χ0) is 19.6. The third-order valence-corrected chi connectivity index (χ3v) is 7.69. The number of fused-ring (bicyclic) bond motifs is 1. The number of rotatable bonds is 5. The van der Waals surface area contributed by atoms with Crippen molar-refractivity contribution < 1.29 is 13.2 Å². The fraction of sp³-hybridized carbons (Fsp3) is 0.524. The van der Waals surface area contributed by atoms with Crippen molar-refractivity contribution in [2.75, 3.05) is 32.8 Å². The molecule has 2 unspecified atom stereocenters. The molecule has 0 radical (unpaired) electrons. The number of nitrogens with one attached hydrogen (secondary N) is 1. The molecule has 0 bridgehead atoms. The van der Waals surface area contributed by atoms with Crippen molar-refractivity contribution in [3.05, 3.63) is 59.2 Å². The molecule has 1 aromatic rings. The first kappa shape index (κ1) is 19.8. The highest BCUT2D eigenvalue weighted by Gasteiger charge is 2.45. The highest BCUT2D eigenvalue weighted by atomic mass is 32.2. The second-order valence-corrected chi connectivity index (χ2v) is 9.59. The van der Waals surface area contributed by atoms with E-state index in [1.165, 1.54) is 11.1 Å². The maximum atomic E-state index is 12.5. The Hall–Kier alpha value is -1.51. The monoisotopic (exact) mass is 403 g/mol. The summed E-state index contributed by atoms with van der Waals surface area (Å²) in [5, 5.41) is 8.94. The van der Waals surface area contributed by atoms with Crippen LogP contribution < -0.4 is 10.5 Å². The molecular weight excluding hydrogens is 374 g/mol. The minimum atomic E-state index is -3.74. The Morgan fingerprint density at radius 2 is 2.04 bits per heavy atom. The fourth-order valence-electron chi connectivity index (χ4n) is 4.52. The van der Waals surface area contributed by atoms with E-state index in [0.717, 1.165) is 44.5 Å². The second kappa shape index (κ2) is 8.08. The lowest BCUT2D eigenvalue weighted by Gasteiger charge is -2.43. The van der Waals surface area contributed by atoms with E-state index in [2.05, 4.69) is 29.6 Å². The van der Waals surface area contributed by atoms with Crippen LogP contribution in [-0.2, 0) is 21.2 Å². The third kappa shape index (κ3) is 3.82. The van der Waals surface area contributed by atoms with E-state index in [9.17, 15) is 8.42 Å². The number of ether oxygens (including phenoxy) is 1. The van der Waals surface area contributed by atoms with Gasteiger partial charge in [0.05, 0.1) is 12.7 Å². The number of benzene rings is 1. The Kier molecular flexibility index (Phi) is 5.71. The Balaban J connectivity index is 1.45. The first-order valence-corrected chi connectivity index (χ1v) is 11.6. The van der Waals surface area contributed by atoms with Gasteiger partial charge in [-0.3, -0.25) is 4.90 Å². The van der Waals surface area contributed by atoms with Gasteiger partial charge in [0.15, 0.2) is 4.87 Å². The molecule has 152 valence electrons. The van der Waals surface area contributed by atoms with E-state index in [1.54, 1.807) is 6.08 Å². The zero-order valence-corrected chi connectivity index (χ0v) is 17.0. The number of sulfonamides is 1. The third-order valence-electron chi connectivity index (χ3n) is 6.15. The molecule has 6 nitrogen and oxygen atoms in total. The van der Waals surface area contributed by atoms with Gasteiger partial charge in [-0.1, -0.05) is 42.0 Å². The van der Waals surface area contributed by atoms with Crippen LogP contribution in [0, 0.1) is 0 Å². The molecule has 4 rings (SSSR count). The van der Waals surface area contributed by atoms with Crippen LogP contribution in [0.4, 0.5) is 0 Å². The minimum Gasteiger partial charge on any atom is -0.373 e. The Morgan fingerprint density at radius 3 is 2.75 bits per heavy atom. The van der Waals surface area contributed by atoms with E-state index in [4.69, 9.17) is 9.88 Å². The molecule has 1 aromatic carbocycles. The van der Waals surface area contributed by atoms with E-state index in [0.29, 0.717) is 19.5 Å². The van der Waals surface area contributed by atoms with Gasteiger partial charge in [-0.05, 0) is 36.5 Å². The van der Waals surface area contributed by atoms with Crippen LogP contribution in [0.25, 0.3) is 0 Å². The zero-order valence-electron chi connectivity index (χ0n) is 16.1. The van der Waals surface area contributed by atoms with Crippen molar-refractivity contribution in [1.29, 1.82) is 0 Å². The summed E-state index contributed by atoms with van der Waals surface area (Å²) in [5.74, 6) is 0. The lowest BCUT2D eigenvalue weighted by molar-refractivity contribution is 0.0369. The van der Waals surface area contributed by atoms with Gasteiger partial charge >= 0.3 is 0 Å². The van der Waals surface area contributed by atoms with Gasteiger partial charge in [0.25, 0.3) is 0 Å². The molecule has 28 heavy (non-hydrogen) atoms. The normalized spacial score (nSPS) is 28.6. The molecule has 1 saturated heterocycles. The molecule has 1 aliphatic carbocycles. The van der Waals surface area contributed by atoms with Crippen molar-refractivity contribution >= 4 is 10.0 Å². The van der Waals surface area contributed by atoms with E-state index in [1.807, 2.05) is 17.1 Å². The number of primary sulfonamides is 1. The van der Waals surface area contributed by atoms with Crippen LogP contribution in [0.2, 0.25) is 0 Å². The van der Waals surface area contributed by atoms with Gasteiger partial charge < -0.3 is 10.1 Å². The Labute approximate surface area is 167 Å². The number of allylic oxidation sites excluding steroid dienone is 2. The second-order valence-electron chi connectivity index (χ2n) is 7.79. The van der Waals surface area contributed by atoms with Crippen molar-refractivity contribution in [3.8, 4) is 0 Å². The molecule has 2 atom stereocenters. The lowest BCUT2D eigenvalue weighted by Crippen LogP contribution is -2.61. The van der Waals surface area contributed by atoms with E-state index < -0.39 is 14.9 Å². The number of hydrogen-bond acceptors (Lipinski definition) is 5. The SMILES string of the molecule is NS(=O)(=O)C1(N2CCNCC2)C=CC(CCC2OCCc3ccccc32)=CC1. The maximum Gasteiger partial charge on any atom is 0.232 e. The minimum absolute atomic E-state index is 0.109. The summed E-state index contributed by atoms with van der Waals surface area (Å²) in [6, 6.07) is 8.48. The van der Waals surface area contributed by atoms with Crippen molar-refractivity contribution in [2.45, 2.75) is 36.7 Å². The van der Waals surface area contributed by atoms with Crippen LogP contribution in [0.5, 0.6) is 0 Å². The summed E-state index contributed by atoms with van der Waals surface area (Å²) < 4.78 is 30.9. The number of piperazine rings is 1. The highest BCUT2D eigenvalue weighted by Crippen LogP contribution is 2.35. The molecule has 1 fully saturated rings. The average molecular weight is 404 g/mol. The smallest absolute Gasteiger partial charge is 0.232 e. The standard InChI is InChI=1S/C21H29N3O3S/c22-28(25,26)21(24-14-12-23-13-15-24)10-7-17(8-11-21)5-6-20-19-4-2-1-3-18(19)9-16-27-20/h1-4,7-8,10,20,23H,5-6,9,11-16H2,(H2,22,25,26). The van der Waals surface area contributed by atoms with Crippen molar-refractivity contribution in [3.63, 3.8) is 0 Å². The summed E-state index contributed by atoms with van der Waals surface area (Å²) in [7, 11) is -3.74. The molecule has 0 aromatic heterocycles. The topological polar surface area (TPSA) is 84.7 Å². The van der Waals surface area contributed by atoms with Gasteiger partial charge in [-0.25, -0.2) is 13.6 Å². The summed E-state index contributed by atoms with van der Waals surface area (Å²) in [6.07, 6.45) is 9.03. The molecule has 2 heterocycles. The summed E-state index contributed by atoms with van der Waals surface area (Å²) >= 11 is 0. The quantitative estimate of drug-likeness (QED) is 0.784. The van der Waals surface area contributed by atoms with Crippen LogP contribution in [-0.4, -0.2) is 51.0 Å². The van der Waals surface area contributed by atoms with E-state index >= 15 is 0 Å². The lowest BCUT2D eigenvalue weighted by atomic mass is 9.91. The number of nitrogens with two attached hydrogens (primary N) is 1. The molecule has 2 aliphatic heterocycles. The molecule has 0 spiro atoms. The fourth-order valence-corrected chi connectivity index (χ4v) is 5.63.